The van der Waals surface area contributed by atoms with Gasteiger partial charge >= 0.3 is 0 Å². The minimum Gasteiger partial charge on any atom is -0.369 e. The van der Waals surface area contributed by atoms with E-state index in [0.29, 0.717) is 28.4 Å². The summed E-state index contributed by atoms with van der Waals surface area (Å²) < 4.78 is 28.4. The van der Waals surface area contributed by atoms with Crippen LogP contribution in [0.2, 0.25) is 0 Å². The minimum atomic E-state index is -2.81. The molecular formula is C24H24F2N6O3. The topological polar surface area (TPSA) is 100 Å². The highest BCUT2D eigenvalue weighted by atomic mass is 19.3. The van der Waals surface area contributed by atoms with E-state index >= 15 is 0 Å². The van der Waals surface area contributed by atoms with E-state index in [0.717, 1.165) is 5.56 Å². The summed E-state index contributed by atoms with van der Waals surface area (Å²) in [6.45, 7) is 1.42. The molecule has 2 aliphatic rings. The molecule has 1 fully saturated rings. The Labute approximate surface area is 199 Å². The van der Waals surface area contributed by atoms with Gasteiger partial charge in [0, 0.05) is 43.3 Å². The first-order chi connectivity index (χ1) is 16.8. The van der Waals surface area contributed by atoms with Gasteiger partial charge in [0.15, 0.2) is 12.1 Å². The first-order valence-electron chi connectivity index (χ1n) is 11.3. The van der Waals surface area contributed by atoms with Gasteiger partial charge in [0.25, 0.3) is 11.8 Å². The Morgan fingerprint density at radius 3 is 2.94 bits per heavy atom. The zero-order chi connectivity index (χ0) is 24.6. The third kappa shape index (κ3) is 4.79. The minimum absolute atomic E-state index is 0.0689. The number of carbonyl (C=O) groups is 2. The van der Waals surface area contributed by atoms with E-state index in [2.05, 4.69) is 20.8 Å². The molecule has 182 valence electrons. The summed E-state index contributed by atoms with van der Waals surface area (Å²) in [5, 5.41) is 10.1. The van der Waals surface area contributed by atoms with Gasteiger partial charge in [-0.15, -0.1) is 0 Å². The number of nitrogens with zero attached hydrogens (tertiary/aromatic N) is 4. The molecule has 0 radical (unpaired) electrons. The van der Waals surface area contributed by atoms with Gasteiger partial charge in [0.2, 0.25) is 5.91 Å². The van der Waals surface area contributed by atoms with E-state index < -0.39 is 18.7 Å². The van der Waals surface area contributed by atoms with Gasteiger partial charge in [-0.25, -0.2) is 13.8 Å². The van der Waals surface area contributed by atoms with Crippen LogP contribution in [0.25, 0.3) is 5.65 Å². The van der Waals surface area contributed by atoms with Crippen LogP contribution >= 0.6 is 0 Å². The van der Waals surface area contributed by atoms with Crippen LogP contribution in [0.3, 0.4) is 0 Å². The number of nitrogens with one attached hydrogen (secondary N) is 2. The van der Waals surface area contributed by atoms with Crippen molar-refractivity contribution in [1.82, 2.24) is 19.6 Å². The zero-order valence-corrected chi connectivity index (χ0v) is 19.0. The highest BCUT2D eigenvalue weighted by Gasteiger charge is 2.40. The number of hydrogen-bond donors (Lipinski definition) is 2. The lowest BCUT2D eigenvalue weighted by atomic mass is 10.1. The zero-order valence-electron chi connectivity index (χ0n) is 19.0. The number of aromatic nitrogens is 2. The molecule has 2 aliphatic heterocycles. The highest BCUT2D eigenvalue weighted by Crippen LogP contribution is 2.27. The molecule has 5 rings (SSSR count). The number of carbonyl (C=O) groups excluding carboxylic acids is 2. The van der Waals surface area contributed by atoms with E-state index in [1.165, 1.54) is 11.1 Å². The third-order valence-corrected chi connectivity index (χ3v) is 6.12. The molecule has 9 nitrogen and oxygen atoms in total. The standard InChI is InChI=1S/C24H24F2N6O3/c1-15-5-6-16(12-17(15)28-23(34)18-13-27-19-4-2-3-10-32(18)19)22-29-20(35-30-22)7-8-21(33)31-11-9-24(25,26)14-31/h2-6,10,12-13,20H,7-9,11,14H2,1H3,(H,28,34)(H,29,30). The highest BCUT2D eigenvalue weighted by molar-refractivity contribution is 6.05. The summed E-state index contributed by atoms with van der Waals surface area (Å²) >= 11 is 0. The quantitative estimate of drug-likeness (QED) is 0.562. The number of fused-ring (bicyclic) bond motifs is 1. The predicted molar refractivity (Wildman–Crippen MR) is 124 cm³/mol. The van der Waals surface area contributed by atoms with Crippen LogP contribution in [0, 0.1) is 6.92 Å². The van der Waals surface area contributed by atoms with Crippen molar-refractivity contribution in [3.8, 4) is 0 Å². The Bertz CT molecular complexity index is 1320. The number of imidazole rings is 1. The molecule has 1 atom stereocenters. The molecule has 2 amide bonds. The Hall–Kier alpha value is -4.02. The largest absolute Gasteiger partial charge is 0.369 e. The van der Waals surface area contributed by atoms with Crippen molar-refractivity contribution >= 4 is 29.0 Å². The summed E-state index contributed by atoms with van der Waals surface area (Å²) in [5.41, 5.74) is 3.24. The van der Waals surface area contributed by atoms with Crippen molar-refractivity contribution in [3.05, 3.63) is 65.6 Å². The number of likely N-dealkylation sites (tertiary alicyclic amines) is 1. The van der Waals surface area contributed by atoms with Gasteiger partial charge in [0.05, 0.1) is 12.7 Å². The van der Waals surface area contributed by atoms with Gasteiger partial charge in [-0.2, -0.15) is 0 Å². The second kappa shape index (κ2) is 8.97. The molecule has 0 bridgehead atoms. The molecule has 0 spiro atoms. The van der Waals surface area contributed by atoms with Gasteiger partial charge < -0.3 is 20.4 Å². The number of alkyl halides is 2. The first-order valence-corrected chi connectivity index (χ1v) is 11.3. The smallest absolute Gasteiger partial charge is 0.274 e. The van der Waals surface area contributed by atoms with Crippen LogP contribution in [-0.2, 0) is 9.63 Å². The maximum atomic E-state index is 13.3. The average molecular weight is 482 g/mol. The van der Waals surface area contributed by atoms with Crippen LogP contribution < -0.4 is 10.6 Å². The van der Waals surface area contributed by atoms with Crippen LogP contribution in [0.15, 0.2) is 53.9 Å². The Morgan fingerprint density at radius 1 is 1.29 bits per heavy atom. The fourth-order valence-electron chi connectivity index (χ4n) is 4.13. The summed E-state index contributed by atoms with van der Waals surface area (Å²) in [5.74, 6) is -2.97. The Balaban J connectivity index is 1.20. The van der Waals surface area contributed by atoms with E-state index in [9.17, 15) is 18.4 Å². The number of aryl methyl sites for hydroxylation is 1. The molecule has 2 aromatic heterocycles. The fourth-order valence-corrected chi connectivity index (χ4v) is 4.13. The summed E-state index contributed by atoms with van der Waals surface area (Å²) in [4.78, 5) is 36.0. The van der Waals surface area contributed by atoms with Gasteiger partial charge in [-0.3, -0.25) is 14.0 Å². The van der Waals surface area contributed by atoms with Crippen LogP contribution in [0.4, 0.5) is 14.5 Å². The van der Waals surface area contributed by atoms with Crippen LogP contribution in [0.5, 0.6) is 0 Å². The number of amidine groups is 1. The van der Waals surface area contributed by atoms with E-state index in [1.54, 1.807) is 16.7 Å². The molecule has 3 aromatic rings. The molecule has 0 aliphatic carbocycles. The van der Waals surface area contributed by atoms with Gasteiger partial charge in [-0.1, -0.05) is 23.4 Å². The number of pyridine rings is 1. The third-order valence-electron chi connectivity index (χ3n) is 6.12. The van der Waals surface area contributed by atoms with Crippen LogP contribution in [0.1, 0.15) is 40.9 Å². The second-order valence-electron chi connectivity index (χ2n) is 8.69. The lowest BCUT2D eigenvalue weighted by Gasteiger charge is -2.17. The van der Waals surface area contributed by atoms with Crippen molar-refractivity contribution < 1.29 is 23.2 Å². The molecule has 4 heterocycles. The average Bonchev–Trinajstić information content (AvgIpc) is 3.57. The maximum Gasteiger partial charge on any atom is 0.274 e. The second-order valence-corrected chi connectivity index (χ2v) is 8.69. The normalized spacial score (nSPS) is 18.8. The lowest BCUT2D eigenvalue weighted by Crippen LogP contribution is -2.34. The number of benzene rings is 1. The van der Waals surface area contributed by atoms with Gasteiger partial charge in [0.1, 0.15) is 11.3 Å². The summed E-state index contributed by atoms with van der Waals surface area (Å²) in [6, 6.07) is 11.0. The number of halogens is 2. The van der Waals surface area contributed by atoms with E-state index in [1.807, 2.05) is 37.3 Å². The molecule has 0 saturated carbocycles. The molecule has 1 saturated heterocycles. The predicted octanol–water partition coefficient (Wildman–Crippen LogP) is 3.15. The van der Waals surface area contributed by atoms with E-state index in [-0.39, 0.29) is 37.6 Å². The SMILES string of the molecule is Cc1ccc(C2=NOC(CCC(=O)N3CCC(F)(F)C3)N2)cc1NC(=O)c1cnc2ccccn12. The molecule has 35 heavy (non-hydrogen) atoms. The van der Waals surface area contributed by atoms with Crippen LogP contribution in [-0.4, -0.2) is 57.2 Å². The number of rotatable bonds is 6. The Kier molecular flexibility index (Phi) is 5.83. The monoisotopic (exact) mass is 482 g/mol. The molecule has 11 heteroatoms. The first kappa shape index (κ1) is 22.8. The van der Waals surface area contributed by atoms with Crippen molar-refractivity contribution in [2.45, 2.75) is 38.3 Å². The Morgan fingerprint density at radius 2 is 2.14 bits per heavy atom. The molecule has 2 N–H and O–H groups in total. The molecule has 1 aromatic carbocycles. The lowest BCUT2D eigenvalue weighted by molar-refractivity contribution is -0.132. The van der Waals surface area contributed by atoms with Gasteiger partial charge in [-0.05, 0) is 30.7 Å². The fraction of sp³-hybridized carbons (Fsp3) is 0.333. The van der Waals surface area contributed by atoms with Crippen molar-refractivity contribution in [3.63, 3.8) is 0 Å². The van der Waals surface area contributed by atoms with Crippen molar-refractivity contribution in [2.75, 3.05) is 18.4 Å². The summed E-state index contributed by atoms with van der Waals surface area (Å²) in [6.07, 6.45) is 2.82. The van der Waals surface area contributed by atoms with E-state index in [4.69, 9.17) is 4.84 Å². The molecule has 1 unspecified atom stereocenters. The molecular weight excluding hydrogens is 458 g/mol. The van der Waals surface area contributed by atoms with Crippen molar-refractivity contribution in [2.24, 2.45) is 5.16 Å². The number of hydrogen-bond acceptors (Lipinski definition) is 6. The maximum absolute atomic E-state index is 13.3. The number of amides is 2. The van der Waals surface area contributed by atoms with Crippen molar-refractivity contribution in [1.29, 1.82) is 0 Å². The summed E-state index contributed by atoms with van der Waals surface area (Å²) in [7, 11) is 0. The number of oxime groups is 1. The number of anilines is 1.